The summed E-state index contributed by atoms with van der Waals surface area (Å²) in [7, 11) is 0. The Labute approximate surface area is 183 Å². The number of carbonyl (C=O) groups excluding carboxylic acids is 2. The van der Waals surface area contributed by atoms with Crippen molar-refractivity contribution in [3.8, 4) is 10.6 Å². The van der Waals surface area contributed by atoms with E-state index in [1.54, 1.807) is 0 Å². The van der Waals surface area contributed by atoms with Gasteiger partial charge in [0.1, 0.15) is 11.0 Å². The average molecular weight is 431 g/mol. The summed E-state index contributed by atoms with van der Waals surface area (Å²) in [4.78, 5) is 25.7. The Morgan fingerprint density at radius 3 is 2.33 bits per heavy atom. The fraction of sp³-hybridized carbons (Fsp3) is 0.565. The first-order valence-corrected chi connectivity index (χ1v) is 11.7. The molecule has 0 saturated heterocycles. The number of aryl methyl sites for hydroxylation is 1. The smallest absolute Gasteiger partial charge is 0.249 e. The number of hydrogen-bond acceptors (Lipinski definition) is 5. The molecule has 0 saturated carbocycles. The van der Waals surface area contributed by atoms with Crippen LogP contribution in [0.2, 0.25) is 0 Å². The number of carbonyl (C=O) groups is 2. The Bertz CT molecular complexity index is 819. The SMILES string of the molecule is CCCC[C@H](CC)C(=O)N[C@H](C(=O)Nc1nnc(-c2ccc(C)cc2)s1)[C@@H](C)CC. The highest BCUT2D eigenvalue weighted by atomic mass is 32.1. The molecule has 0 fully saturated rings. The van der Waals surface area contributed by atoms with Crippen molar-refractivity contribution in [3.63, 3.8) is 0 Å². The van der Waals surface area contributed by atoms with Crippen LogP contribution in [0.25, 0.3) is 10.6 Å². The van der Waals surface area contributed by atoms with Gasteiger partial charge in [-0.2, -0.15) is 0 Å². The second-order valence-corrected chi connectivity index (χ2v) is 8.86. The quantitative estimate of drug-likeness (QED) is 0.513. The van der Waals surface area contributed by atoms with Gasteiger partial charge >= 0.3 is 0 Å². The molecule has 2 aromatic rings. The molecular weight excluding hydrogens is 396 g/mol. The van der Waals surface area contributed by atoms with Crippen molar-refractivity contribution < 1.29 is 9.59 Å². The first kappa shape index (κ1) is 24.0. The van der Waals surface area contributed by atoms with Gasteiger partial charge in [0.2, 0.25) is 16.9 Å². The average Bonchev–Trinajstić information content (AvgIpc) is 3.20. The van der Waals surface area contributed by atoms with Crippen LogP contribution in [-0.4, -0.2) is 28.1 Å². The van der Waals surface area contributed by atoms with E-state index in [0.717, 1.165) is 42.7 Å². The van der Waals surface area contributed by atoms with E-state index in [4.69, 9.17) is 0 Å². The highest BCUT2D eigenvalue weighted by Gasteiger charge is 2.29. The fourth-order valence-electron chi connectivity index (χ4n) is 3.21. The summed E-state index contributed by atoms with van der Waals surface area (Å²) in [5.41, 5.74) is 2.14. The van der Waals surface area contributed by atoms with E-state index in [9.17, 15) is 9.59 Å². The van der Waals surface area contributed by atoms with Crippen LogP contribution in [0.5, 0.6) is 0 Å². The molecule has 7 heteroatoms. The third-order valence-corrected chi connectivity index (χ3v) is 6.40. The zero-order valence-corrected chi connectivity index (χ0v) is 19.5. The third kappa shape index (κ3) is 6.62. The highest BCUT2D eigenvalue weighted by Crippen LogP contribution is 2.27. The van der Waals surface area contributed by atoms with Crippen molar-refractivity contribution in [3.05, 3.63) is 29.8 Å². The van der Waals surface area contributed by atoms with Crippen molar-refractivity contribution in [1.82, 2.24) is 15.5 Å². The minimum Gasteiger partial charge on any atom is -0.344 e. The molecule has 0 spiro atoms. The summed E-state index contributed by atoms with van der Waals surface area (Å²) in [6.45, 7) is 10.2. The molecule has 0 aliphatic carbocycles. The topological polar surface area (TPSA) is 84.0 Å². The molecule has 1 aromatic heterocycles. The molecule has 0 aliphatic heterocycles. The van der Waals surface area contributed by atoms with E-state index in [1.807, 2.05) is 52.0 Å². The lowest BCUT2D eigenvalue weighted by Crippen LogP contribution is -2.49. The predicted octanol–water partition coefficient (Wildman–Crippen LogP) is 5.20. The van der Waals surface area contributed by atoms with Crippen molar-refractivity contribution in [2.75, 3.05) is 5.32 Å². The number of benzene rings is 1. The third-order valence-electron chi connectivity index (χ3n) is 5.52. The maximum absolute atomic E-state index is 13.0. The lowest BCUT2D eigenvalue weighted by atomic mass is 9.94. The maximum Gasteiger partial charge on any atom is 0.249 e. The molecule has 0 aliphatic rings. The summed E-state index contributed by atoms with van der Waals surface area (Å²) in [6.07, 6.45) is 4.48. The van der Waals surface area contributed by atoms with Gasteiger partial charge in [-0.3, -0.25) is 14.9 Å². The van der Waals surface area contributed by atoms with Crippen LogP contribution in [0, 0.1) is 18.8 Å². The van der Waals surface area contributed by atoms with Gasteiger partial charge in [-0.15, -0.1) is 10.2 Å². The van der Waals surface area contributed by atoms with Crippen LogP contribution in [0.15, 0.2) is 24.3 Å². The second kappa shape index (κ2) is 11.8. The lowest BCUT2D eigenvalue weighted by Gasteiger charge is -2.25. The van der Waals surface area contributed by atoms with Crippen LogP contribution in [0.4, 0.5) is 5.13 Å². The summed E-state index contributed by atoms with van der Waals surface area (Å²) in [5, 5.41) is 15.4. The number of anilines is 1. The number of aromatic nitrogens is 2. The van der Waals surface area contributed by atoms with E-state index in [2.05, 4.69) is 27.8 Å². The molecule has 30 heavy (non-hydrogen) atoms. The van der Waals surface area contributed by atoms with Gasteiger partial charge in [0.05, 0.1) is 0 Å². The molecule has 2 amide bonds. The molecule has 1 heterocycles. The maximum atomic E-state index is 13.0. The first-order valence-electron chi connectivity index (χ1n) is 10.9. The number of unbranched alkanes of at least 4 members (excludes halogenated alkanes) is 1. The summed E-state index contributed by atoms with van der Waals surface area (Å²) < 4.78 is 0. The second-order valence-electron chi connectivity index (χ2n) is 7.89. The minimum absolute atomic E-state index is 0.0159. The van der Waals surface area contributed by atoms with Crippen LogP contribution >= 0.6 is 11.3 Å². The highest BCUT2D eigenvalue weighted by molar-refractivity contribution is 7.18. The van der Waals surface area contributed by atoms with Gasteiger partial charge in [-0.1, -0.05) is 88.1 Å². The van der Waals surface area contributed by atoms with Gasteiger partial charge in [0.15, 0.2) is 0 Å². The van der Waals surface area contributed by atoms with Crippen LogP contribution in [-0.2, 0) is 9.59 Å². The summed E-state index contributed by atoms with van der Waals surface area (Å²) in [6, 6.07) is 7.43. The number of nitrogens with one attached hydrogen (secondary N) is 2. The number of nitrogens with zero attached hydrogens (tertiary/aromatic N) is 2. The van der Waals surface area contributed by atoms with E-state index in [-0.39, 0.29) is 23.7 Å². The Hall–Kier alpha value is -2.28. The van der Waals surface area contributed by atoms with Crippen molar-refractivity contribution in [2.24, 2.45) is 11.8 Å². The standard InChI is InChI=1S/C23H34N4O2S/c1-6-9-10-17(8-3)20(28)24-19(16(5)7-2)21(29)25-23-27-26-22(30-23)18-13-11-15(4)12-14-18/h11-14,16-17,19H,6-10H2,1-5H3,(H,24,28)(H,25,27,29)/t16-,17-,19-/m0/s1. The van der Waals surface area contributed by atoms with Crippen molar-refractivity contribution in [1.29, 1.82) is 0 Å². The molecule has 2 N–H and O–H groups in total. The Morgan fingerprint density at radius 2 is 1.73 bits per heavy atom. The molecule has 0 radical (unpaired) electrons. The van der Waals surface area contributed by atoms with Crippen LogP contribution < -0.4 is 10.6 Å². The van der Waals surface area contributed by atoms with Gasteiger partial charge < -0.3 is 5.32 Å². The van der Waals surface area contributed by atoms with E-state index >= 15 is 0 Å². The molecule has 3 atom stereocenters. The van der Waals surface area contributed by atoms with E-state index in [1.165, 1.54) is 16.9 Å². The molecule has 1 aromatic carbocycles. The Kier molecular flexibility index (Phi) is 9.43. The predicted molar refractivity (Wildman–Crippen MR) is 123 cm³/mol. The monoisotopic (exact) mass is 430 g/mol. The normalized spacial score (nSPS) is 14.0. The minimum atomic E-state index is -0.593. The van der Waals surface area contributed by atoms with Gasteiger partial charge in [0, 0.05) is 11.5 Å². The van der Waals surface area contributed by atoms with Crippen LogP contribution in [0.3, 0.4) is 0 Å². The number of hydrogen-bond donors (Lipinski definition) is 2. The fourth-order valence-corrected chi connectivity index (χ4v) is 3.97. The van der Waals surface area contributed by atoms with Crippen molar-refractivity contribution >= 4 is 28.3 Å². The van der Waals surface area contributed by atoms with E-state index < -0.39 is 6.04 Å². The Balaban J connectivity index is 2.08. The molecule has 164 valence electrons. The number of amides is 2. The molecule has 0 bridgehead atoms. The molecule has 2 rings (SSSR count). The molecule has 0 unspecified atom stereocenters. The largest absolute Gasteiger partial charge is 0.344 e. The Morgan fingerprint density at radius 1 is 1.03 bits per heavy atom. The van der Waals surface area contributed by atoms with Gasteiger partial charge in [-0.25, -0.2) is 0 Å². The summed E-state index contributed by atoms with van der Waals surface area (Å²) in [5.74, 6) is -0.320. The zero-order chi connectivity index (χ0) is 22.1. The number of rotatable bonds is 11. The molecule has 6 nitrogen and oxygen atoms in total. The van der Waals surface area contributed by atoms with Crippen LogP contribution in [0.1, 0.15) is 65.4 Å². The molecular formula is C23H34N4O2S. The first-order chi connectivity index (χ1) is 14.4. The van der Waals surface area contributed by atoms with Gasteiger partial charge in [-0.05, 0) is 25.7 Å². The lowest BCUT2D eigenvalue weighted by molar-refractivity contribution is -0.130. The van der Waals surface area contributed by atoms with Crippen molar-refractivity contribution in [2.45, 2.75) is 72.8 Å². The summed E-state index contributed by atoms with van der Waals surface area (Å²) >= 11 is 1.33. The zero-order valence-electron chi connectivity index (χ0n) is 18.7. The van der Waals surface area contributed by atoms with Gasteiger partial charge in [0.25, 0.3) is 0 Å². The van der Waals surface area contributed by atoms with E-state index in [0.29, 0.717) is 5.13 Å².